The van der Waals surface area contributed by atoms with E-state index in [1.54, 1.807) is 11.6 Å². The molecule has 0 bridgehead atoms. The molecule has 0 aliphatic rings. The van der Waals surface area contributed by atoms with Crippen LogP contribution in [0.5, 0.6) is 0 Å². The van der Waals surface area contributed by atoms with Gasteiger partial charge in [0.25, 0.3) is 0 Å². The summed E-state index contributed by atoms with van der Waals surface area (Å²) in [4.78, 5) is 11.4. The van der Waals surface area contributed by atoms with E-state index in [-0.39, 0.29) is 5.76 Å². The largest absolute Gasteiger partial charge is 0.419 e. The molecule has 1 heterocycles. The zero-order chi connectivity index (χ0) is 13.1. The summed E-state index contributed by atoms with van der Waals surface area (Å²) >= 11 is 1.84. The zero-order valence-corrected chi connectivity index (χ0v) is 11.7. The minimum absolute atomic E-state index is 0.312. The Hall–Kier alpha value is -1.20. The van der Waals surface area contributed by atoms with E-state index in [0.29, 0.717) is 11.6 Å². The maximum absolute atomic E-state index is 11.4. The first-order chi connectivity index (χ1) is 8.67. The first-order valence-corrected chi connectivity index (χ1v) is 7.32. The highest BCUT2D eigenvalue weighted by molar-refractivity contribution is 7.98. The number of fused-ring (bicyclic) bond motifs is 1. The molecule has 5 heteroatoms. The molecule has 2 rings (SSSR count). The van der Waals surface area contributed by atoms with Crippen molar-refractivity contribution in [1.82, 2.24) is 9.88 Å². The van der Waals surface area contributed by atoms with Gasteiger partial charge in [-0.2, -0.15) is 11.8 Å². The Labute approximate surface area is 110 Å². The van der Waals surface area contributed by atoms with E-state index in [9.17, 15) is 4.79 Å². The first kappa shape index (κ1) is 13.2. The maximum Gasteiger partial charge on any atom is 0.419 e. The van der Waals surface area contributed by atoms with Gasteiger partial charge in [0.15, 0.2) is 5.58 Å². The lowest BCUT2D eigenvalue weighted by atomic mass is 10.0. The number of aromatic nitrogens is 1. The monoisotopic (exact) mass is 266 g/mol. The molecular weight excluding hydrogens is 248 g/mol. The Morgan fingerprint density at radius 2 is 2.28 bits per heavy atom. The SMILES string of the molecule is CNC(CCSC)c1ccc2oc(=O)n(C)c2c1. The van der Waals surface area contributed by atoms with Crippen LogP contribution in [-0.2, 0) is 7.05 Å². The minimum atomic E-state index is -0.313. The smallest absolute Gasteiger partial charge is 0.408 e. The van der Waals surface area contributed by atoms with Crippen molar-refractivity contribution < 1.29 is 4.42 Å². The van der Waals surface area contributed by atoms with Crippen molar-refractivity contribution in [2.24, 2.45) is 7.05 Å². The molecule has 1 aromatic heterocycles. The predicted octanol–water partition coefficient (Wildman–Crippen LogP) is 2.15. The van der Waals surface area contributed by atoms with Gasteiger partial charge in [-0.1, -0.05) is 6.07 Å². The van der Waals surface area contributed by atoms with Crippen molar-refractivity contribution in [2.75, 3.05) is 19.1 Å². The summed E-state index contributed by atoms with van der Waals surface area (Å²) in [7, 11) is 3.69. The highest BCUT2D eigenvalue weighted by Gasteiger charge is 2.12. The number of rotatable bonds is 5. The molecule has 0 aliphatic heterocycles. The average molecular weight is 266 g/mol. The van der Waals surface area contributed by atoms with Gasteiger partial charge in [-0.15, -0.1) is 0 Å². The number of thioether (sulfide) groups is 1. The topological polar surface area (TPSA) is 47.2 Å². The fourth-order valence-corrected chi connectivity index (χ4v) is 2.55. The van der Waals surface area contributed by atoms with E-state index in [1.165, 1.54) is 5.56 Å². The van der Waals surface area contributed by atoms with Crippen molar-refractivity contribution >= 4 is 22.9 Å². The Morgan fingerprint density at radius 3 is 2.94 bits per heavy atom. The van der Waals surface area contributed by atoms with Gasteiger partial charge in [-0.05, 0) is 43.2 Å². The zero-order valence-electron chi connectivity index (χ0n) is 10.9. The number of oxazole rings is 1. The van der Waals surface area contributed by atoms with E-state index in [4.69, 9.17) is 4.42 Å². The number of aryl methyl sites for hydroxylation is 1. The van der Waals surface area contributed by atoms with E-state index in [1.807, 2.05) is 37.0 Å². The quantitative estimate of drug-likeness (QED) is 0.900. The Bertz CT molecular complexity index is 588. The highest BCUT2D eigenvalue weighted by Crippen LogP contribution is 2.22. The van der Waals surface area contributed by atoms with Crippen LogP contribution in [0.25, 0.3) is 11.1 Å². The van der Waals surface area contributed by atoms with Gasteiger partial charge in [0.2, 0.25) is 0 Å². The standard InChI is InChI=1S/C13H18N2O2S/c1-14-10(6-7-18-3)9-4-5-12-11(8-9)15(2)13(16)17-12/h4-5,8,10,14H,6-7H2,1-3H3. The summed E-state index contributed by atoms with van der Waals surface area (Å²) < 4.78 is 6.67. The number of benzene rings is 1. The van der Waals surface area contributed by atoms with Gasteiger partial charge in [0.05, 0.1) is 5.52 Å². The van der Waals surface area contributed by atoms with Crippen LogP contribution < -0.4 is 11.1 Å². The molecule has 0 spiro atoms. The fourth-order valence-electron chi connectivity index (χ4n) is 2.07. The van der Waals surface area contributed by atoms with Crippen LogP contribution in [0.4, 0.5) is 0 Å². The Balaban J connectivity index is 2.38. The second-order valence-corrected chi connectivity index (χ2v) is 5.26. The molecule has 0 aliphatic carbocycles. The lowest BCUT2D eigenvalue weighted by Crippen LogP contribution is -2.17. The van der Waals surface area contributed by atoms with Gasteiger partial charge in [-0.25, -0.2) is 4.79 Å². The highest BCUT2D eigenvalue weighted by atomic mass is 32.2. The third kappa shape index (κ3) is 2.47. The summed E-state index contributed by atoms with van der Waals surface area (Å²) in [6.07, 6.45) is 3.17. The van der Waals surface area contributed by atoms with Crippen molar-refractivity contribution in [3.63, 3.8) is 0 Å². The van der Waals surface area contributed by atoms with Crippen molar-refractivity contribution in [3.05, 3.63) is 34.3 Å². The van der Waals surface area contributed by atoms with E-state index >= 15 is 0 Å². The second kappa shape index (κ2) is 5.63. The molecule has 1 aromatic carbocycles. The summed E-state index contributed by atoms with van der Waals surface area (Å²) in [5, 5.41) is 3.31. The van der Waals surface area contributed by atoms with E-state index in [2.05, 4.69) is 11.6 Å². The van der Waals surface area contributed by atoms with Crippen LogP contribution in [0.2, 0.25) is 0 Å². The summed E-state index contributed by atoms with van der Waals surface area (Å²) in [6.45, 7) is 0. The normalized spacial score (nSPS) is 13.1. The molecule has 1 N–H and O–H groups in total. The molecule has 0 radical (unpaired) electrons. The average Bonchev–Trinajstić information content (AvgIpc) is 2.66. The van der Waals surface area contributed by atoms with Gasteiger partial charge in [-0.3, -0.25) is 4.57 Å². The van der Waals surface area contributed by atoms with Gasteiger partial charge < -0.3 is 9.73 Å². The summed E-state index contributed by atoms with van der Waals surface area (Å²) in [5.74, 6) is 0.792. The number of hydrogen-bond acceptors (Lipinski definition) is 4. The maximum atomic E-state index is 11.4. The Morgan fingerprint density at radius 1 is 1.50 bits per heavy atom. The van der Waals surface area contributed by atoms with Crippen LogP contribution in [0.3, 0.4) is 0 Å². The van der Waals surface area contributed by atoms with Crippen LogP contribution in [0.15, 0.2) is 27.4 Å². The number of nitrogens with zero attached hydrogens (tertiary/aromatic N) is 1. The molecule has 1 unspecified atom stereocenters. The molecule has 0 amide bonds. The minimum Gasteiger partial charge on any atom is -0.408 e. The molecule has 18 heavy (non-hydrogen) atoms. The third-order valence-electron chi connectivity index (χ3n) is 3.18. The van der Waals surface area contributed by atoms with Crippen LogP contribution >= 0.6 is 11.8 Å². The Kier molecular flexibility index (Phi) is 4.14. The number of hydrogen-bond donors (Lipinski definition) is 1. The van der Waals surface area contributed by atoms with Crippen molar-refractivity contribution in [1.29, 1.82) is 0 Å². The molecule has 1 atom stereocenters. The fraction of sp³-hybridized carbons (Fsp3) is 0.462. The van der Waals surface area contributed by atoms with Crippen LogP contribution in [0, 0.1) is 0 Å². The molecule has 2 aromatic rings. The molecule has 0 fully saturated rings. The van der Waals surface area contributed by atoms with Crippen LogP contribution in [0.1, 0.15) is 18.0 Å². The van der Waals surface area contributed by atoms with Gasteiger partial charge >= 0.3 is 5.76 Å². The summed E-state index contributed by atoms with van der Waals surface area (Å²) in [5.41, 5.74) is 2.68. The molecule has 4 nitrogen and oxygen atoms in total. The molecule has 0 saturated heterocycles. The number of nitrogens with one attached hydrogen (secondary N) is 1. The first-order valence-electron chi connectivity index (χ1n) is 5.93. The predicted molar refractivity (Wildman–Crippen MR) is 76.3 cm³/mol. The van der Waals surface area contributed by atoms with Gasteiger partial charge in [0, 0.05) is 13.1 Å². The lowest BCUT2D eigenvalue weighted by Gasteiger charge is -2.16. The second-order valence-electron chi connectivity index (χ2n) is 4.28. The molecular formula is C13H18N2O2S. The van der Waals surface area contributed by atoms with Crippen molar-refractivity contribution in [3.8, 4) is 0 Å². The molecule has 98 valence electrons. The molecule has 0 saturated carbocycles. The van der Waals surface area contributed by atoms with Crippen LogP contribution in [-0.4, -0.2) is 23.6 Å². The van der Waals surface area contributed by atoms with Gasteiger partial charge in [0.1, 0.15) is 0 Å². The lowest BCUT2D eigenvalue weighted by molar-refractivity contribution is 0.528. The van der Waals surface area contributed by atoms with E-state index in [0.717, 1.165) is 17.7 Å². The van der Waals surface area contributed by atoms with E-state index < -0.39 is 0 Å². The third-order valence-corrected chi connectivity index (χ3v) is 3.82. The summed E-state index contributed by atoms with van der Waals surface area (Å²) in [6, 6.07) is 6.23. The van der Waals surface area contributed by atoms with Crippen molar-refractivity contribution in [2.45, 2.75) is 12.5 Å².